The van der Waals surface area contributed by atoms with Crippen molar-refractivity contribution in [1.29, 1.82) is 5.26 Å². The Hall–Kier alpha value is -3.18. The first-order valence-corrected chi connectivity index (χ1v) is 9.70. The van der Waals surface area contributed by atoms with Crippen molar-refractivity contribution in [2.24, 2.45) is 0 Å². The summed E-state index contributed by atoms with van der Waals surface area (Å²) < 4.78 is 0. The fraction of sp³-hybridized carbons (Fsp3) is 0.429. The van der Waals surface area contributed by atoms with Gasteiger partial charge in [-0.15, -0.1) is 10.2 Å². The second-order valence-corrected chi connectivity index (χ2v) is 7.81. The summed E-state index contributed by atoms with van der Waals surface area (Å²) in [5, 5.41) is 22.9. The van der Waals surface area contributed by atoms with E-state index in [2.05, 4.69) is 44.5 Å². The second-order valence-electron chi connectivity index (χ2n) is 7.81. The number of rotatable bonds is 5. The van der Waals surface area contributed by atoms with E-state index in [1.165, 1.54) is 5.56 Å². The lowest BCUT2D eigenvalue weighted by atomic mass is 10.0. The van der Waals surface area contributed by atoms with Crippen molar-refractivity contribution in [3.05, 3.63) is 47.7 Å². The zero-order valence-corrected chi connectivity index (χ0v) is 17.3. The van der Waals surface area contributed by atoms with E-state index in [-0.39, 0.29) is 23.8 Å². The van der Waals surface area contributed by atoms with Gasteiger partial charge < -0.3 is 20.4 Å². The van der Waals surface area contributed by atoms with Crippen LogP contribution in [-0.2, 0) is 0 Å². The van der Waals surface area contributed by atoms with Gasteiger partial charge in [-0.3, -0.25) is 0 Å². The van der Waals surface area contributed by atoms with Gasteiger partial charge in [-0.05, 0) is 49.8 Å². The highest BCUT2D eigenvalue weighted by molar-refractivity contribution is 5.89. The number of carbonyl (C=O) groups excluding carboxylic acids is 1. The lowest BCUT2D eigenvalue weighted by molar-refractivity contribution is 0.235. The number of anilines is 2. The van der Waals surface area contributed by atoms with Gasteiger partial charge >= 0.3 is 6.03 Å². The van der Waals surface area contributed by atoms with Crippen molar-refractivity contribution in [2.45, 2.75) is 31.8 Å². The Kier molecular flexibility index (Phi) is 6.29. The van der Waals surface area contributed by atoms with Crippen LogP contribution in [-0.4, -0.2) is 60.4 Å². The van der Waals surface area contributed by atoms with E-state index in [9.17, 15) is 4.79 Å². The second kappa shape index (κ2) is 8.88. The smallest absolute Gasteiger partial charge is 0.319 e. The molecule has 2 heterocycles. The van der Waals surface area contributed by atoms with Gasteiger partial charge in [0.15, 0.2) is 11.5 Å². The Morgan fingerprint density at radius 3 is 2.45 bits per heavy atom. The van der Waals surface area contributed by atoms with E-state index < -0.39 is 0 Å². The minimum absolute atomic E-state index is 0.0719. The molecule has 2 aromatic rings. The molecule has 8 nitrogen and oxygen atoms in total. The van der Waals surface area contributed by atoms with Crippen LogP contribution >= 0.6 is 0 Å². The fourth-order valence-corrected chi connectivity index (χ4v) is 3.48. The number of carbonyl (C=O) groups is 1. The molecular weight excluding hydrogens is 366 g/mol. The molecule has 8 heteroatoms. The standard InChI is InChI=1S/C21H27N7O/c1-14(2)15-5-7-16(8-6-15)23-21(29)24-18-12-28(13-19(18)27(3)4)20-10-9-17(11-22)25-26-20/h5-10,14,18-19H,12-13H2,1-4H3,(H2,23,24,29)/t18?,19-/m1/s1. The topological polar surface area (TPSA) is 97.2 Å². The van der Waals surface area contributed by atoms with Crippen LogP contribution in [0.25, 0.3) is 0 Å². The van der Waals surface area contributed by atoms with Crippen LogP contribution in [0.1, 0.15) is 31.0 Å². The average Bonchev–Trinajstić information content (AvgIpc) is 3.12. The van der Waals surface area contributed by atoms with Crippen LogP contribution in [0.4, 0.5) is 16.3 Å². The molecule has 29 heavy (non-hydrogen) atoms. The number of benzene rings is 1. The molecule has 1 aliphatic heterocycles. The summed E-state index contributed by atoms with van der Waals surface area (Å²) in [5.74, 6) is 1.15. The zero-order valence-electron chi connectivity index (χ0n) is 17.3. The molecule has 2 atom stereocenters. The highest BCUT2D eigenvalue weighted by atomic mass is 16.2. The molecule has 0 aliphatic carbocycles. The largest absolute Gasteiger partial charge is 0.351 e. The first-order chi connectivity index (χ1) is 13.9. The molecular formula is C21H27N7O. The van der Waals surface area contributed by atoms with E-state index in [0.717, 1.165) is 5.69 Å². The summed E-state index contributed by atoms with van der Waals surface area (Å²) in [4.78, 5) is 16.7. The van der Waals surface area contributed by atoms with Crippen molar-refractivity contribution in [1.82, 2.24) is 20.4 Å². The van der Waals surface area contributed by atoms with Crippen molar-refractivity contribution in [3.8, 4) is 6.07 Å². The maximum absolute atomic E-state index is 12.6. The molecule has 0 bridgehead atoms. The summed E-state index contributed by atoms with van der Waals surface area (Å²) >= 11 is 0. The number of aromatic nitrogens is 2. The van der Waals surface area contributed by atoms with E-state index in [4.69, 9.17) is 5.26 Å². The molecule has 1 aromatic heterocycles. The molecule has 152 valence electrons. The van der Waals surface area contributed by atoms with Crippen LogP contribution in [0.5, 0.6) is 0 Å². The summed E-state index contributed by atoms with van der Waals surface area (Å²) in [6.07, 6.45) is 0. The van der Waals surface area contributed by atoms with Crippen LogP contribution in [0.15, 0.2) is 36.4 Å². The average molecular weight is 393 g/mol. The van der Waals surface area contributed by atoms with Gasteiger partial charge in [0.2, 0.25) is 0 Å². The Morgan fingerprint density at radius 1 is 1.17 bits per heavy atom. The van der Waals surface area contributed by atoms with E-state index in [1.54, 1.807) is 12.1 Å². The maximum Gasteiger partial charge on any atom is 0.319 e. The van der Waals surface area contributed by atoms with Crippen LogP contribution in [0, 0.1) is 11.3 Å². The molecule has 1 fully saturated rings. The molecule has 0 spiro atoms. The number of hydrogen-bond acceptors (Lipinski definition) is 6. The SMILES string of the molecule is CC(C)c1ccc(NC(=O)NC2CN(c3ccc(C#N)nn3)C[C@H]2N(C)C)cc1. The number of nitrogens with zero attached hydrogens (tertiary/aromatic N) is 5. The van der Waals surface area contributed by atoms with Gasteiger partial charge in [-0.1, -0.05) is 26.0 Å². The zero-order chi connectivity index (χ0) is 21.0. The van der Waals surface area contributed by atoms with Crippen LogP contribution in [0.2, 0.25) is 0 Å². The Morgan fingerprint density at radius 2 is 1.90 bits per heavy atom. The van der Waals surface area contributed by atoms with Gasteiger partial charge in [-0.25, -0.2) is 4.79 Å². The summed E-state index contributed by atoms with van der Waals surface area (Å²) in [7, 11) is 3.99. The fourth-order valence-electron chi connectivity index (χ4n) is 3.48. The molecule has 1 saturated heterocycles. The van der Waals surface area contributed by atoms with Gasteiger partial charge in [0.05, 0.1) is 6.04 Å². The molecule has 2 amide bonds. The number of likely N-dealkylation sites (N-methyl/N-ethyl adjacent to an activating group) is 1. The number of nitrogens with one attached hydrogen (secondary N) is 2. The van der Waals surface area contributed by atoms with Crippen molar-refractivity contribution >= 4 is 17.5 Å². The number of hydrogen-bond donors (Lipinski definition) is 2. The van der Waals surface area contributed by atoms with Crippen LogP contribution in [0.3, 0.4) is 0 Å². The molecule has 0 radical (unpaired) electrons. The van der Waals surface area contributed by atoms with Gasteiger partial charge in [0.25, 0.3) is 0 Å². The third kappa shape index (κ3) is 5.00. The highest BCUT2D eigenvalue weighted by Crippen LogP contribution is 2.21. The number of urea groups is 1. The van der Waals surface area contributed by atoms with Crippen LogP contribution < -0.4 is 15.5 Å². The quantitative estimate of drug-likeness (QED) is 0.810. The van der Waals surface area contributed by atoms with Crippen molar-refractivity contribution < 1.29 is 4.79 Å². The molecule has 1 unspecified atom stereocenters. The van der Waals surface area contributed by atoms with Crippen molar-refractivity contribution in [2.75, 3.05) is 37.4 Å². The van der Waals surface area contributed by atoms with Crippen molar-refractivity contribution in [3.63, 3.8) is 0 Å². The highest BCUT2D eigenvalue weighted by Gasteiger charge is 2.36. The van der Waals surface area contributed by atoms with Gasteiger partial charge in [0, 0.05) is 24.8 Å². The molecule has 2 N–H and O–H groups in total. The Bertz CT molecular complexity index is 871. The molecule has 1 aliphatic rings. The van der Waals surface area contributed by atoms with E-state index in [1.807, 2.05) is 44.4 Å². The molecule has 3 rings (SSSR count). The third-order valence-electron chi connectivity index (χ3n) is 5.19. The summed E-state index contributed by atoms with van der Waals surface area (Å²) in [6, 6.07) is 13.1. The van der Waals surface area contributed by atoms with E-state index in [0.29, 0.717) is 24.8 Å². The third-order valence-corrected chi connectivity index (χ3v) is 5.19. The molecule has 0 saturated carbocycles. The first-order valence-electron chi connectivity index (χ1n) is 9.70. The minimum atomic E-state index is -0.230. The molecule has 1 aromatic carbocycles. The lowest BCUT2D eigenvalue weighted by Crippen LogP contribution is -2.49. The summed E-state index contributed by atoms with van der Waals surface area (Å²) in [6.45, 7) is 5.60. The predicted molar refractivity (Wildman–Crippen MR) is 113 cm³/mol. The van der Waals surface area contributed by atoms with E-state index >= 15 is 0 Å². The Labute approximate surface area is 171 Å². The first kappa shape index (κ1) is 20.6. The van der Waals surface area contributed by atoms with Gasteiger partial charge in [-0.2, -0.15) is 5.26 Å². The van der Waals surface area contributed by atoms with Gasteiger partial charge in [0.1, 0.15) is 6.07 Å². The monoisotopic (exact) mass is 393 g/mol. The lowest BCUT2D eigenvalue weighted by Gasteiger charge is -2.25. The summed E-state index contributed by atoms with van der Waals surface area (Å²) in [5.41, 5.74) is 2.29. The number of nitriles is 1. The Balaban J connectivity index is 1.64. The normalized spacial score (nSPS) is 18.7. The maximum atomic E-state index is 12.6. The minimum Gasteiger partial charge on any atom is -0.351 e. The predicted octanol–water partition coefficient (Wildman–Crippen LogP) is 2.41. The number of amides is 2.